The molecule has 1 aromatic carbocycles. The summed E-state index contributed by atoms with van der Waals surface area (Å²) in [6, 6.07) is 3.52. The van der Waals surface area contributed by atoms with Crippen molar-refractivity contribution in [3.8, 4) is 0 Å². The molecule has 1 unspecified atom stereocenters. The molecule has 2 aliphatic rings. The largest absolute Gasteiger partial charge is 0.466 e. The first-order valence-electron chi connectivity index (χ1n) is 22.5. The van der Waals surface area contributed by atoms with Gasteiger partial charge in [-0.25, -0.2) is 0 Å². The molecule has 2 heterocycles. The summed E-state index contributed by atoms with van der Waals surface area (Å²) in [6.45, 7) is 12.1. The number of imide groups is 2. The Morgan fingerprint density at radius 1 is 0.569 bits per heavy atom. The molecule has 21 heteroatoms. The van der Waals surface area contributed by atoms with Crippen molar-refractivity contribution in [2.24, 2.45) is 0 Å². The van der Waals surface area contributed by atoms with Crippen molar-refractivity contribution in [2.75, 3.05) is 157 Å². The molecule has 21 nitrogen and oxygen atoms in total. The first-order valence-corrected chi connectivity index (χ1v) is 22.5. The lowest BCUT2D eigenvalue weighted by molar-refractivity contribution is -0.144. The minimum Gasteiger partial charge on any atom is -0.466 e. The van der Waals surface area contributed by atoms with Crippen molar-refractivity contribution >= 4 is 41.2 Å². The number of carbonyl (C=O) groups is 6. The maximum Gasteiger partial charge on any atom is 0.308 e. The van der Waals surface area contributed by atoms with Crippen molar-refractivity contribution in [3.63, 3.8) is 0 Å². The summed E-state index contributed by atoms with van der Waals surface area (Å²) >= 11 is 0. The molecular formula is C44H69N3O18. The van der Waals surface area contributed by atoms with Gasteiger partial charge < -0.3 is 62.2 Å². The maximum absolute atomic E-state index is 13.2. The van der Waals surface area contributed by atoms with Crippen LogP contribution in [0.1, 0.15) is 72.6 Å². The van der Waals surface area contributed by atoms with Crippen LogP contribution in [0.15, 0.2) is 18.2 Å². The topological polar surface area (TPSA) is 240 Å². The van der Waals surface area contributed by atoms with Crippen LogP contribution >= 0.6 is 0 Å². The van der Waals surface area contributed by atoms with E-state index in [0.717, 1.165) is 17.7 Å². The summed E-state index contributed by atoms with van der Waals surface area (Å²) in [4.78, 5) is 74.8. The van der Waals surface area contributed by atoms with Gasteiger partial charge in [0.15, 0.2) is 0 Å². The van der Waals surface area contributed by atoms with E-state index < -0.39 is 29.7 Å². The van der Waals surface area contributed by atoms with Crippen molar-refractivity contribution in [1.29, 1.82) is 0 Å². The van der Waals surface area contributed by atoms with E-state index in [-0.39, 0.29) is 54.4 Å². The fourth-order valence-corrected chi connectivity index (χ4v) is 6.19. The second-order valence-corrected chi connectivity index (χ2v) is 14.3. The number of ether oxygens (including phenoxy) is 12. The third-order valence-corrected chi connectivity index (χ3v) is 9.41. The maximum atomic E-state index is 13.2. The van der Waals surface area contributed by atoms with E-state index in [1.54, 1.807) is 19.1 Å². The highest BCUT2D eigenvalue weighted by atomic mass is 16.6. The summed E-state index contributed by atoms with van der Waals surface area (Å²) in [5, 5.41) is 4.90. The number of fused-ring (bicyclic) bond motifs is 1. The molecule has 1 fully saturated rings. The standard InChI is InChI=1S/C44H69N3O18/c1-2-65-40(50)12-14-55-16-18-57-20-22-59-24-26-61-28-30-63-32-34-64-33-31-62-29-27-60-25-23-58-21-19-56-17-15-54-13-5-3-4-9-38(48)45-36-8-6-7-35-41(36)44(53)47(43(35)52)37-10-11-39(49)46-42(37)51/h6-8,37H,2-5,9-34H2,1H3,(H,45,48)(H,46,49,51). The molecule has 0 aromatic heterocycles. The molecule has 2 N–H and O–H groups in total. The number of esters is 1. The second-order valence-electron chi connectivity index (χ2n) is 14.3. The van der Waals surface area contributed by atoms with Crippen LogP contribution in [-0.4, -0.2) is 198 Å². The molecule has 5 amide bonds. The highest BCUT2D eigenvalue weighted by Crippen LogP contribution is 2.32. The number of hydrogen-bond acceptors (Lipinski definition) is 18. The van der Waals surface area contributed by atoms with Gasteiger partial charge in [-0.2, -0.15) is 0 Å². The first kappa shape index (κ1) is 55.3. The molecule has 65 heavy (non-hydrogen) atoms. The van der Waals surface area contributed by atoms with E-state index in [4.69, 9.17) is 56.8 Å². The van der Waals surface area contributed by atoms with Crippen LogP contribution in [0.4, 0.5) is 5.69 Å². The van der Waals surface area contributed by atoms with Crippen molar-refractivity contribution < 1.29 is 85.6 Å². The number of hydrogen-bond donors (Lipinski definition) is 2. The smallest absolute Gasteiger partial charge is 0.308 e. The van der Waals surface area contributed by atoms with Crippen LogP contribution in [0.25, 0.3) is 0 Å². The van der Waals surface area contributed by atoms with Gasteiger partial charge in [0.05, 0.1) is 169 Å². The normalized spacial score (nSPS) is 14.8. The highest BCUT2D eigenvalue weighted by molar-refractivity contribution is 6.26. The van der Waals surface area contributed by atoms with Crippen LogP contribution in [0, 0.1) is 0 Å². The molecule has 368 valence electrons. The summed E-state index contributed by atoms with van der Waals surface area (Å²) in [5.41, 5.74) is 0.371. The lowest BCUT2D eigenvalue weighted by atomic mass is 10.0. The number of rotatable bonds is 42. The van der Waals surface area contributed by atoms with Crippen LogP contribution in [0.5, 0.6) is 0 Å². The Morgan fingerprint density at radius 3 is 1.46 bits per heavy atom. The number of carbonyl (C=O) groups excluding carboxylic acids is 6. The Morgan fingerprint density at radius 2 is 1.02 bits per heavy atom. The van der Waals surface area contributed by atoms with Gasteiger partial charge >= 0.3 is 5.97 Å². The molecule has 0 aliphatic carbocycles. The second kappa shape index (κ2) is 36.2. The molecule has 0 bridgehead atoms. The lowest BCUT2D eigenvalue weighted by Gasteiger charge is -2.27. The number of anilines is 1. The number of piperidine rings is 1. The van der Waals surface area contributed by atoms with Crippen molar-refractivity contribution in [3.05, 3.63) is 29.3 Å². The Kier molecular flexibility index (Phi) is 30.8. The van der Waals surface area contributed by atoms with Crippen LogP contribution < -0.4 is 10.6 Å². The summed E-state index contributed by atoms with van der Waals surface area (Å²) in [6.07, 6.45) is 2.66. The molecule has 1 atom stereocenters. The third-order valence-electron chi connectivity index (χ3n) is 9.41. The van der Waals surface area contributed by atoms with E-state index in [9.17, 15) is 28.8 Å². The van der Waals surface area contributed by atoms with Gasteiger partial charge in [-0.3, -0.25) is 39.0 Å². The van der Waals surface area contributed by atoms with E-state index >= 15 is 0 Å². The Balaban J connectivity index is 0.975. The first-order chi connectivity index (χ1) is 31.8. The zero-order valence-corrected chi connectivity index (χ0v) is 37.8. The van der Waals surface area contributed by atoms with E-state index in [0.29, 0.717) is 158 Å². The monoisotopic (exact) mass is 927 g/mol. The summed E-state index contributed by atoms with van der Waals surface area (Å²) in [5.74, 6) is -3.00. The Bertz CT molecular complexity index is 1530. The quantitative estimate of drug-likeness (QED) is 0.0539. The number of amides is 5. The predicted octanol–water partition coefficient (Wildman–Crippen LogP) is 1.72. The van der Waals surface area contributed by atoms with Gasteiger partial charge in [0, 0.05) is 19.4 Å². The highest BCUT2D eigenvalue weighted by Gasteiger charge is 2.45. The Hall–Kier alpha value is -4.00. The minimum absolute atomic E-state index is 0.0247. The van der Waals surface area contributed by atoms with E-state index in [1.165, 1.54) is 6.07 Å². The molecule has 2 aliphatic heterocycles. The molecule has 0 radical (unpaired) electrons. The van der Waals surface area contributed by atoms with Crippen molar-refractivity contribution in [2.45, 2.75) is 57.9 Å². The van der Waals surface area contributed by atoms with Gasteiger partial charge in [-0.05, 0) is 38.3 Å². The fourth-order valence-electron chi connectivity index (χ4n) is 6.19. The van der Waals surface area contributed by atoms with Crippen LogP contribution in [0.2, 0.25) is 0 Å². The van der Waals surface area contributed by atoms with Gasteiger partial charge in [0.1, 0.15) is 6.04 Å². The fraction of sp³-hybridized carbons (Fsp3) is 0.727. The minimum atomic E-state index is -1.08. The molecule has 3 rings (SSSR count). The zero-order valence-electron chi connectivity index (χ0n) is 37.8. The summed E-state index contributed by atoms with van der Waals surface area (Å²) in [7, 11) is 0. The van der Waals surface area contributed by atoms with E-state index in [1.807, 2.05) is 0 Å². The van der Waals surface area contributed by atoms with Crippen LogP contribution in [-0.2, 0) is 76.0 Å². The predicted molar refractivity (Wildman–Crippen MR) is 230 cm³/mol. The SMILES string of the molecule is CCOC(=O)CCOCCOCCOCCOCCOCCOCCOCCOCCOCCOCCOCCCCCC(=O)Nc1cccc2c1C(=O)N(C1CCC(=O)NC1=O)C2=O. The molecular weight excluding hydrogens is 858 g/mol. The molecule has 0 saturated carbocycles. The number of nitrogens with zero attached hydrogens (tertiary/aromatic N) is 1. The lowest BCUT2D eigenvalue weighted by Crippen LogP contribution is -2.54. The Labute approximate surface area is 380 Å². The third kappa shape index (κ3) is 24.4. The van der Waals surface area contributed by atoms with Gasteiger partial charge in [-0.1, -0.05) is 12.5 Å². The average Bonchev–Trinajstić information content (AvgIpc) is 3.54. The number of nitrogens with one attached hydrogen (secondary N) is 2. The molecule has 1 aromatic rings. The average molecular weight is 928 g/mol. The van der Waals surface area contributed by atoms with Gasteiger partial charge in [0.25, 0.3) is 11.8 Å². The van der Waals surface area contributed by atoms with Gasteiger partial charge in [0.2, 0.25) is 17.7 Å². The summed E-state index contributed by atoms with van der Waals surface area (Å²) < 4.78 is 65.0. The van der Waals surface area contributed by atoms with E-state index in [2.05, 4.69) is 10.6 Å². The van der Waals surface area contributed by atoms with Gasteiger partial charge in [-0.15, -0.1) is 0 Å². The molecule has 1 saturated heterocycles. The zero-order chi connectivity index (χ0) is 46.6. The van der Waals surface area contributed by atoms with Crippen molar-refractivity contribution in [1.82, 2.24) is 10.2 Å². The molecule has 0 spiro atoms. The number of benzene rings is 1. The van der Waals surface area contributed by atoms with Crippen LogP contribution in [0.3, 0.4) is 0 Å². The number of unbranched alkanes of at least 4 members (excludes halogenated alkanes) is 2.